The standard InChI is InChI=1S/C19H29NO2/c1-2-22-19-10-9-16(17-7-3-4-8-18(17)19)6-5-11-20-12-14-21-15-13-20/h9-10H,2-8,11-15H2,1H3. The zero-order chi connectivity index (χ0) is 15.2. The van der Waals surface area contributed by atoms with Gasteiger partial charge in [-0.1, -0.05) is 6.07 Å². The monoisotopic (exact) mass is 303 g/mol. The second-order valence-corrected chi connectivity index (χ2v) is 6.38. The summed E-state index contributed by atoms with van der Waals surface area (Å²) >= 11 is 0. The average molecular weight is 303 g/mol. The summed E-state index contributed by atoms with van der Waals surface area (Å²) in [6, 6.07) is 4.52. The van der Waals surface area contributed by atoms with E-state index in [9.17, 15) is 0 Å². The van der Waals surface area contributed by atoms with Crippen LogP contribution < -0.4 is 4.74 Å². The van der Waals surface area contributed by atoms with Gasteiger partial charge in [-0.2, -0.15) is 0 Å². The van der Waals surface area contributed by atoms with E-state index in [-0.39, 0.29) is 0 Å². The first kappa shape index (κ1) is 15.8. The summed E-state index contributed by atoms with van der Waals surface area (Å²) in [7, 11) is 0. The number of fused-ring (bicyclic) bond motifs is 1. The molecule has 0 atom stereocenters. The Morgan fingerprint density at radius 2 is 1.86 bits per heavy atom. The Balaban J connectivity index is 1.63. The number of hydrogen-bond donors (Lipinski definition) is 0. The number of rotatable bonds is 6. The Morgan fingerprint density at radius 1 is 1.09 bits per heavy atom. The van der Waals surface area contributed by atoms with Crippen LogP contribution in [0.1, 0.15) is 42.9 Å². The van der Waals surface area contributed by atoms with Crippen LogP contribution in [0.4, 0.5) is 0 Å². The molecule has 1 saturated heterocycles. The van der Waals surface area contributed by atoms with Crippen LogP contribution in [0.3, 0.4) is 0 Å². The van der Waals surface area contributed by atoms with Gasteiger partial charge in [0, 0.05) is 13.1 Å². The summed E-state index contributed by atoms with van der Waals surface area (Å²) < 4.78 is 11.3. The van der Waals surface area contributed by atoms with Crippen LogP contribution in [0.2, 0.25) is 0 Å². The summed E-state index contributed by atoms with van der Waals surface area (Å²) in [5.41, 5.74) is 4.66. The van der Waals surface area contributed by atoms with E-state index in [1.165, 1.54) is 50.6 Å². The van der Waals surface area contributed by atoms with Gasteiger partial charge in [0.15, 0.2) is 0 Å². The van der Waals surface area contributed by atoms with Crippen molar-refractivity contribution in [2.45, 2.75) is 45.4 Å². The van der Waals surface area contributed by atoms with Crippen molar-refractivity contribution in [3.8, 4) is 5.75 Å². The van der Waals surface area contributed by atoms with Gasteiger partial charge in [0.2, 0.25) is 0 Å². The Hall–Kier alpha value is -1.06. The largest absolute Gasteiger partial charge is 0.494 e. The quantitative estimate of drug-likeness (QED) is 0.805. The van der Waals surface area contributed by atoms with E-state index in [0.717, 1.165) is 38.7 Å². The molecular weight excluding hydrogens is 274 g/mol. The SMILES string of the molecule is CCOc1ccc(CCCN2CCOCC2)c2c1CCCC2. The van der Waals surface area contributed by atoms with E-state index in [1.807, 2.05) is 0 Å². The second-order valence-electron chi connectivity index (χ2n) is 6.38. The molecule has 3 nitrogen and oxygen atoms in total. The first-order valence-electron chi connectivity index (χ1n) is 8.95. The van der Waals surface area contributed by atoms with Gasteiger partial charge >= 0.3 is 0 Å². The highest BCUT2D eigenvalue weighted by Gasteiger charge is 2.18. The van der Waals surface area contributed by atoms with E-state index in [0.29, 0.717) is 0 Å². The topological polar surface area (TPSA) is 21.7 Å². The van der Waals surface area contributed by atoms with Gasteiger partial charge in [-0.25, -0.2) is 0 Å². The van der Waals surface area contributed by atoms with Crippen LogP contribution in [-0.2, 0) is 24.0 Å². The predicted molar refractivity (Wildman–Crippen MR) is 89.8 cm³/mol. The smallest absolute Gasteiger partial charge is 0.122 e. The molecule has 0 unspecified atom stereocenters. The molecule has 122 valence electrons. The molecule has 0 saturated carbocycles. The molecule has 0 radical (unpaired) electrons. The van der Waals surface area contributed by atoms with E-state index in [1.54, 1.807) is 11.1 Å². The molecule has 22 heavy (non-hydrogen) atoms. The number of benzene rings is 1. The van der Waals surface area contributed by atoms with Crippen LogP contribution in [0.25, 0.3) is 0 Å². The summed E-state index contributed by atoms with van der Waals surface area (Å²) in [5.74, 6) is 1.13. The summed E-state index contributed by atoms with van der Waals surface area (Å²) in [6.45, 7) is 8.04. The maximum Gasteiger partial charge on any atom is 0.122 e. The lowest BCUT2D eigenvalue weighted by atomic mass is 9.86. The molecule has 2 aliphatic rings. The lowest BCUT2D eigenvalue weighted by Gasteiger charge is -2.27. The minimum absolute atomic E-state index is 0.767. The van der Waals surface area contributed by atoms with Gasteiger partial charge < -0.3 is 9.47 Å². The Kier molecular flexibility index (Phi) is 5.74. The first-order valence-corrected chi connectivity index (χ1v) is 8.95. The molecule has 0 amide bonds. The third kappa shape index (κ3) is 3.82. The average Bonchev–Trinajstić information content (AvgIpc) is 2.58. The zero-order valence-electron chi connectivity index (χ0n) is 13.9. The molecule has 0 aromatic heterocycles. The molecule has 3 rings (SSSR count). The minimum atomic E-state index is 0.767. The number of nitrogens with zero attached hydrogens (tertiary/aromatic N) is 1. The maximum absolute atomic E-state index is 5.84. The predicted octanol–water partition coefficient (Wildman–Crippen LogP) is 3.23. The lowest BCUT2D eigenvalue weighted by molar-refractivity contribution is 0.0374. The third-order valence-electron chi connectivity index (χ3n) is 4.91. The molecule has 0 N–H and O–H groups in total. The van der Waals surface area contributed by atoms with Crippen molar-refractivity contribution in [3.63, 3.8) is 0 Å². The minimum Gasteiger partial charge on any atom is -0.494 e. The van der Waals surface area contributed by atoms with Crippen LogP contribution in [0.15, 0.2) is 12.1 Å². The summed E-state index contributed by atoms with van der Waals surface area (Å²) in [6.07, 6.45) is 7.53. The van der Waals surface area contributed by atoms with Crippen LogP contribution in [0.5, 0.6) is 5.75 Å². The van der Waals surface area contributed by atoms with E-state index >= 15 is 0 Å². The molecule has 0 bridgehead atoms. The highest BCUT2D eigenvalue weighted by molar-refractivity contribution is 5.46. The van der Waals surface area contributed by atoms with Gasteiger partial charge in [-0.3, -0.25) is 4.90 Å². The van der Waals surface area contributed by atoms with Crippen molar-refractivity contribution in [2.75, 3.05) is 39.5 Å². The van der Waals surface area contributed by atoms with E-state index < -0.39 is 0 Å². The fourth-order valence-electron chi connectivity index (χ4n) is 3.75. The highest BCUT2D eigenvalue weighted by Crippen LogP contribution is 2.33. The van der Waals surface area contributed by atoms with Crippen molar-refractivity contribution < 1.29 is 9.47 Å². The molecule has 1 fully saturated rings. The Morgan fingerprint density at radius 3 is 2.64 bits per heavy atom. The number of hydrogen-bond acceptors (Lipinski definition) is 3. The molecule has 1 aromatic rings. The molecule has 0 spiro atoms. The van der Waals surface area contributed by atoms with Crippen molar-refractivity contribution in [2.24, 2.45) is 0 Å². The Bertz CT molecular complexity index is 481. The fraction of sp³-hybridized carbons (Fsp3) is 0.684. The lowest BCUT2D eigenvalue weighted by Crippen LogP contribution is -2.37. The number of ether oxygens (including phenoxy) is 2. The first-order chi connectivity index (χ1) is 10.9. The number of aryl methyl sites for hydroxylation is 1. The summed E-state index contributed by atoms with van der Waals surface area (Å²) in [5, 5.41) is 0. The van der Waals surface area contributed by atoms with Crippen molar-refractivity contribution >= 4 is 0 Å². The number of morpholine rings is 1. The van der Waals surface area contributed by atoms with E-state index in [2.05, 4.69) is 24.0 Å². The van der Waals surface area contributed by atoms with Gasteiger partial charge in [0.25, 0.3) is 0 Å². The van der Waals surface area contributed by atoms with Gasteiger partial charge in [-0.05, 0) is 74.8 Å². The normalized spacial score (nSPS) is 19.0. The highest BCUT2D eigenvalue weighted by atomic mass is 16.5. The Labute approximate surface area is 134 Å². The maximum atomic E-state index is 5.84. The third-order valence-corrected chi connectivity index (χ3v) is 4.91. The van der Waals surface area contributed by atoms with Gasteiger partial charge in [-0.15, -0.1) is 0 Å². The van der Waals surface area contributed by atoms with Crippen molar-refractivity contribution in [1.82, 2.24) is 4.90 Å². The van der Waals surface area contributed by atoms with Crippen molar-refractivity contribution in [1.29, 1.82) is 0 Å². The molecule has 1 aliphatic carbocycles. The van der Waals surface area contributed by atoms with Gasteiger partial charge in [0.1, 0.15) is 5.75 Å². The summed E-state index contributed by atoms with van der Waals surface area (Å²) in [4.78, 5) is 2.53. The molecular formula is C19H29NO2. The fourth-order valence-corrected chi connectivity index (χ4v) is 3.75. The second kappa shape index (κ2) is 7.98. The van der Waals surface area contributed by atoms with E-state index in [4.69, 9.17) is 9.47 Å². The van der Waals surface area contributed by atoms with Crippen molar-refractivity contribution in [3.05, 3.63) is 28.8 Å². The molecule has 3 heteroatoms. The zero-order valence-corrected chi connectivity index (χ0v) is 13.9. The molecule has 1 heterocycles. The van der Waals surface area contributed by atoms with Gasteiger partial charge in [0.05, 0.1) is 19.8 Å². The van der Waals surface area contributed by atoms with Crippen LogP contribution >= 0.6 is 0 Å². The van der Waals surface area contributed by atoms with Crippen LogP contribution in [0, 0.1) is 0 Å². The molecule has 1 aliphatic heterocycles. The van der Waals surface area contributed by atoms with Crippen LogP contribution in [-0.4, -0.2) is 44.4 Å². The molecule has 1 aromatic carbocycles.